The Kier molecular flexibility index (Phi) is 2.47. The summed E-state index contributed by atoms with van der Waals surface area (Å²) in [4.78, 5) is 13.3. The fourth-order valence-electron chi connectivity index (χ4n) is 2.25. The molecule has 1 unspecified atom stereocenters. The maximum absolute atomic E-state index is 11.6. The van der Waals surface area contributed by atoms with Crippen molar-refractivity contribution in [1.29, 1.82) is 0 Å². The molecule has 0 bridgehead atoms. The quantitative estimate of drug-likeness (QED) is 0.536. The van der Waals surface area contributed by atoms with Gasteiger partial charge >= 0.3 is 0 Å². The third-order valence-electron chi connectivity index (χ3n) is 3.13. The highest BCUT2D eigenvalue weighted by Gasteiger charge is 2.44. The van der Waals surface area contributed by atoms with Crippen molar-refractivity contribution in [2.24, 2.45) is 5.84 Å². The second-order valence-corrected chi connectivity index (χ2v) is 4.07. The number of nitrogens with two attached hydrogens (primary N) is 1. The van der Waals surface area contributed by atoms with Gasteiger partial charge in [0.05, 0.1) is 19.6 Å². The molecule has 2 aliphatic heterocycles. The normalized spacial score (nSPS) is 35.3. The number of hydrogen-bond acceptors (Lipinski definition) is 4. The smallest absolute Gasteiger partial charge is 0.226 e. The summed E-state index contributed by atoms with van der Waals surface area (Å²) in [7, 11) is 1.81. The summed E-state index contributed by atoms with van der Waals surface area (Å²) in [5.74, 6) is 5.92. The zero-order valence-corrected chi connectivity index (χ0v) is 8.53. The van der Waals surface area contributed by atoms with Crippen LogP contribution in [0, 0.1) is 0 Å². The number of carbonyl (C=O) groups excluding carboxylic acids is 1. The number of carbonyl (C=O) groups is 1. The van der Waals surface area contributed by atoms with Gasteiger partial charge in [-0.15, -0.1) is 0 Å². The Labute approximate surface area is 83.8 Å². The minimum absolute atomic E-state index is 0.159. The molecule has 2 heterocycles. The first-order valence-electron chi connectivity index (χ1n) is 5.04. The fourth-order valence-corrected chi connectivity index (χ4v) is 2.25. The summed E-state index contributed by atoms with van der Waals surface area (Å²) in [6.07, 6.45) is 2.36. The topological polar surface area (TPSA) is 58.8 Å². The predicted octanol–water partition coefficient (Wildman–Crippen LogP) is -0.469. The van der Waals surface area contributed by atoms with Gasteiger partial charge in [-0.1, -0.05) is 0 Å². The van der Waals surface area contributed by atoms with Gasteiger partial charge in [-0.2, -0.15) is 0 Å². The average Bonchev–Trinajstić information content (AvgIpc) is 2.14. The van der Waals surface area contributed by atoms with Crippen molar-refractivity contribution >= 4 is 5.91 Å². The third-order valence-corrected chi connectivity index (χ3v) is 3.13. The maximum Gasteiger partial charge on any atom is 0.226 e. The van der Waals surface area contributed by atoms with E-state index in [-0.39, 0.29) is 5.91 Å². The molecule has 0 radical (unpaired) electrons. The number of hydrazine groups is 1. The molecule has 5 nitrogen and oxygen atoms in total. The van der Waals surface area contributed by atoms with Gasteiger partial charge < -0.3 is 9.64 Å². The molecule has 0 aliphatic carbocycles. The van der Waals surface area contributed by atoms with Gasteiger partial charge in [-0.3, -0.25) is 10.6 Å². The molecule has 14 heavy (non-hydrogen) atoms. The minimum atomic E-state index is -0.456. The largest absolute Gasteiger partial charge is 0.354 e. The van der Waals surface area contributed by atoms with Crippen LogP contribution in [0.2, 0.25) is 0 Å². The summed E-state index contributed by atoms with van der Waals surface area (Å²) in [5, 5.41) is 1.73. The molecule has 2 N–H and O–H groups in total. The molecule has 0 saturated carbocycles. The molecule has 5 heteroatoms. The van der Waals surface area contributed by atoms with E-state index in [4.69, 9.17) is 10.6 Å². The van der Waals surface area contributed by atoms with Crippen molar-refractivity contribution in [3.05, 3.63) is 0 Å². The molecule has 2 saturated heterocycles. The van der Waals surface area contributed by atoms with E-state index in [1.54, 1.807) is 17.0 Å². The van der Waals surface area contributed by atoms with Crippen LogP contribution in [0.15, 0.2) is 0 Å². The number of piperidine rings is 1. The van der Waals surface area contributed by atoms with Crippen LogP contribution in [0.5, 0.6) is 0 Å². The number of likely N-dealkylation sites (N-methyl/N-ethyl adjacent to an activating group) is 1. The molecular weight excluding hydrogens is 182 g/mol. The van der Waals surface area contributed by atoms with Crippen LogP contribution >= 0.6 is 0 Å². The lowest BCUT2D eigenvalue weighted by Gasteiger charge is -2.48. The second kappa shape index (κ2) is 3.49. The van der Waals surface area contributed by atoms with E-state index < -0.39 is 5.72 Å². The van der Waals surface area contributed by atoms with Crippen molar-refractivity contribution in [1.82, 2.24) is 9.91 Å². The molecule has 0 aromatic heterocycles. The average molecular weight is 199 g/mol. The Morgan fingerprint density at radius 3 is 3.07 bits per heavy atom. The highest BCUT2D eigenvalue weighted by atomic mass is 16.5. The lowest BCUT2D eigenvalue weighted by molar-refractivity contribution is -0.208. The van der Waals surface area contributed by atoms with E-state index in [1.165, 1.54) is 0 Å². The van der Waals surface area contributed by atoms with E-state index in [9.17, 15) is 4.79 Å². The predicted molar refractivity (Wildman–Crippen MR) is 51.1 cm³/mol. The number of nitrogens with zero attached hydrogens (tertiary/aromatic N) is 2. The van der Waals surface area contributed by atoms with Crippen LogP contribution in [-0.4, -0.2) is 48.3 Å². The molecule has 2 aliphatic rings. The van der Waals surface area contributed by atoms with Crippen molar-refractivity contribution in [2.45, 2.75) is 25.0 Å². The van der Waals surface area contributed by atoms with Crippen molar-refractivity contribution in [3.63, 3.8) is 0 Å². The molecule has 0 aromatic rings. The molecular formula is C9H17N3O2. The van der Waals surface area contributed by atoms with Crippen molar-refractivity contribution < 1.29 is 9.53 Å². The van der Waals surface area contributed by atoms with Crippen molar-refractivity contribution in [3.8, 4) is 0 Å². The summed E-state index contributed by atoms with van der Waals surface area (Å²) >= 11 is 0. The number of rotatable bonds is 0. The standard InChI is InChI=1S/C9H17N3O2/c1-11-8(13)3-6-14-9(11)4-2-5-12(10)7-9/h2-7,10H2,1H3. The van der Waals surface area contributed by atoms with Crippen LogP contribution in [0.4, 0.5) is 0 Å². The van der Waals surface area contributed by atoms with E-state index in [2.05, 4.69) is 0 Å². The highest BCUT2D eigenvalue weighted by Crippen LogP contribution is 2.30. The third kappa shape index (κ3) is 1.51. The molecule has 80 valence electrons. The minimum Gasteiger partial charge on any atom is -0.354 e. The Morgan fingerprint density at radius 1 is 1.57 bits per heavy atom. The van der Waals surface area contributed by atoms with Crippen LogP contribution < -0.4 is 5.84 Å². The lowest BCUT2D eigenvalue weighted by Crippen LogP contribution is -2.64. The van der Waals surface area contributed by atoms with E-state index >= 15 is 0 Å². The van der Waals surface area contributed by atoms with Gasteiger partial charge in [0.15, 0.2) is 5.72 Å². The van der Waals surface area contributed by atoms with Crippen LogP contribution in [0.3, 0.4) is 0 Å². The number of amides is 1. The van der Waals surface area contributed by atoms with Gasteiger partial charge in [-0.05, 0) is 12.8 Å². The number of hydrogen-bond donors (Lipinski definition) is 1. The molecule has 1 amide bonds. The highest BCUT2D eigenvalue weighted by molar-refractivity contribution is 5.77. The van der Waals surface area contributed by atoms with Crippen molar-refractivity contribution in [2.75, 3.05) is 26.7 Å². The van der Waals surface area contributed by atoms with E-state index in [0.29, 0.717) is 19.6 Å². The van der Waals surface area contributed by atoms with Crippen LogP contribution in [0.1, 0.15) is 19.3 Å². The Balaban J connectivity index is 2.15. The summed E-state index contributed by atoms with van der Waals surface area (Å²) in [6, 6.07) is 0. The first-order valence-corrected chi connectivity index (χ1v) is 5.04. The Bertz CT molecular complexity index is 242. The van der Waals surface area contributed by atoms with Gasteiger partial charge in [-0.25, -0.2) is 5.01 Å². The van der Waals surface area contributed by atoms with Crippen LogP contribution in [-0.2, 0) is 9.53 Å². The first-order chi connectivity index (χ1) is 6.64. The monoisotopic (exact) mass is 199 g/mol. The van der Waals surface area contributed by atoms with Gasteiger partial charge in [0.1, 0.15) is 0 Å². The SMILES string of the molecule is CN1C(=O)CCOC12CCCN(N)C2. The van der Waals surface area contributed by atoms with E-state index in [0.717, 1.165) is 19.4 Å². The molecule has 2 rings (SSSR count). The Hall–Kier alpha value is -0.650. The maximum atomic E-state index is 11.6. The fraction of sp³-hybridized carbons (Fsp3) is 0.889. The van der Waals surface area contributed by atoms with Gasteiger partial charge in [0, 0.05) is 13.6 Å². The summed E-state index contributed by atoms with van der Waals surface area (Å²) in [5.41, 5.74) is -0.456. The van der Waals surface area contributed by atoms with E-state index in [1.807, 2.05) is 0 Å². The molecule has 1 spiro atoms. The zero-order chi connectivity index (χ0) is 10.2. The second-order valence-electron chi connectivity index (χ2n) is 4.07. The zero-order valence-electron chi connectivity index (χ0n) is 8.53. The molecule has 1 atom stereocenters. The molecule has 0 aromatic carbocycles. The first kappa shape index (κ1) is 9.89. The summed E-state index contributed by atoms with van der Waals surface area (Å²) in [6.45, 7) is 2.03. The van der Waals surface area contributed by atoms with Gasteiger partial charge in [0.25, 0.3) is 0 Å². The lowest BCUT2D eigenvalue weighted by atomic mass is 9.99. The Morgan fingerprint density at radius 2 is 2.36 bits per heavy atom. The summed E-state index contributed by atoms with van der Waals surface area (Å²) < 4.78 is 5.74. The molecule has 2 fully saturated rings. The van der Waals surface area contributed by atoms with Gasteiger partial charge in [0.2, 0.25) is 5.91 Å². The van der Waals surface area contributed by atoms with Crippen LogP contribution in [0.25, 0.3) is 0 Å². The number of ether oxygens (including phenoxy) is 1.